The van der Waals surface area contributed by atoms with Crippen molar-refractivity contribution in [1.29, 1.82) is 0 Å². The van der Waals surface area contributed by atoms with Gasteiger partial charge in [-0.3, -0.25) is 9.59 Å². The molecule has 1 aromatic carbocycles. The number of rotatable bonds is 3. The number of benzene rings is 1. The summed E-state index contributed by atoms with van der Waals surface area (Å²) in [6.45, 7) is 2.26. The number of carbonyl (C=O) groups is 2. The maximum atomic E-state index is 13.4. The van der Waals surface area contributed by atoms with Crippen LogP contribution in [0.4, 0.5) is 4.39 Å². The second-order valence-corrected chi connectivity index (χ2v) is 8.08. The topological polar surface area (TPSA) is 53.5 Å². The van der Waals surface area contributed by atoms with Gasteiger partial charge >= 0.3 is 0 Å². The van der Waals surface area contributed by atoms with Crippen molar-refractivity contribution >= 4 is 23.4 Å². The SMILES string of the molecule is O=C1CC2(CCN(C(=O)c3cccc(Cl)n3)CC2)CN1Cc1cccc(F)c1. The van der Waals surface area contributed by atoms with Crippen molar-refractivity contribution in [2.24, 2.45) is 5.41 Å². The minimum absolute atomic E-state index is 0.0977. The molecule has 2 aliphatic heterocycles. The van der Waals surface area contributed by atoms with Gasteiger partial charge in [-0.15, -0.1) is 0 Å². The Hall–Kier alpha value is -2.47. The molecule has 0 N–H and O–H groups in total. The van der Waals surface area contributed by atoms with Gasteiger partial charge in [-0.2, -0.15) is 0 Å². The van der Waals surface area contributed by atoms with E-state index >= 15 is 0 Å². The van der Waals surface area contributed by atoms with Gasteiger partial charge in [0.05, 0.1) is 0 Å². The van der Waals surface area contributed by atoms with E-state index in [2.05, 4.69) is 4.98 Å². The van der Waals surface area contributed by atoms with E-state index in [1.54, 1.807) is 29.2 Å². The molecule has 0 atom stereocenters. The summed E-state index contributed by atoms with van der Waals surface area (Å²) < 4.78 is 13.4. The quantitative estimate of drug-likeness (QED) is 0.739. The Morgan fingerprint density at radius 1 is 1.18 bits per heavy atom. The molecule has 5 nitrogen and oxygen atoms in total. The van der Waals surface area contributed by atoms with E-state index in [9.17, 15) is 14.0 Å². The van der Waals surface area contributed by atoms with Crippen LogP contribution in [0.3, 0.4) is 0 Å². The van der Waals surface area contributed by atoms with Crippen LogP contribution in [0.5, 0.6) is 0 Å². The molecule has 7 heteroatoms. The van der Waals surface area contributed by atoms with Crippen LogP contribution in [-0.4, -0.2) is 46.2 Å². The highest BCUT2D eigenvalue weighted by molar-refractivity contribution is 6.29. The zero-order chi connectivity index (χ0) is 19.7. The Morgan fingerprint density at radius 3 is 2.64 bits per heavy atom. The highest BCUT2D eigenvalue weighted by atomic mass is 35.5. The van der Waals surface area contributed by atoms with Crippen molar-refractivity contribution < 1.29 is 14.0 Å². The normalized spacial score (nSPS) is 18.7. The van der Waals surface area contributed by atoms with Crippen molar-refractivity contribution in [1.82, 2.24) is 14.8 Å². The van der Waals surface area contributed by atoms with Crippen LogP contribution in [0.25, 0.3) is 0 Å². The molecule has 2 saturated heterocycles. The Labute approximate surface area is 168 Å². The average Bonchev–Trinajstić information content (AvgIpc) is 2.96. The number of hydrogen-bond donors (Lipinski definition) is 0. The summed E-state index contributed by atoms with van der Waals surface area (Å²) >= 11 is 5.89. The molecular formula is C21H21ClFN3O2. The van der Waals surface area contributed by atoms with Gasteiger partial charge in [0, 0.05) is 38.0 Å². The molecular weight excluding hydrogens is 381 g/mol. The van der Waals surface area contributed by atoms with Crippen LogP contribution in [0.2, 0.25) is 5.15 Å². The number of nitrogens with zero attached hydrogens (tertiary/aromatic N) is 3. The Bertz CT molecular complexity index is 912. The Balaban J connectivity index is 1.39. The molecule has 2 amide bonds. The van der Waals surface area contributed by atoms with Gasteiger partial charge in [-0.1, -0.05) is 29.8 Å². The summed E-state index contributed by atoms with van der Waals surface area (Å²) in [5.41, 5.74) is 1.03. The minimum atomic E-state index is -0.291. The van der Waals surface area contributed by atoms with Gasteiger partial charge in [0.2, 0.25) is 5.91 Å². The summed E-state index contributed by atoms with van der Waals surface area (Å²) in [5.74, 6) is -0.320. The molecule has 2 aromatic rings. The zero-order valence-corrected chi connectivity index (χ0v) is 16.2. The van der Waals surface area contributed by atoms with Gasteiger partial charge in [-0.25, -0.2) is 9.37 Å². The monoisotopic (exact) mass is 401 g/mol. The zero-order valence-electron chi connectivity index (χ0n) is 15.4. The third kappa shape index (κ3) is 3.87. The number of likely N-dealkylation sites (tertiary alicyclic amines) is 2. The van der Waals surface area contributed by atoms with E-state index < -0.39 is 0 Å². The highest BCUT2D eigenvalue weighted by Gasteiger charge is 2.45. The van der Waals surface area contributed by atoms with E-state index in [1.165, 1.54) is 12.1 Å². The smallest absolute Gasteiger partial charge is 0.272 e. The van der Waals surface area contributed by atoms with Crippen molar-refractivity contribution in [3.8, 4) is 0 Å². The van der Waals surface area contributed by atoms with Crippen molar-refractivity contribution in [2.45, 2.75) is 25.8 Å². The molecule has 146 valence electrons. The lowest BCUT2D eigenvalue weighted by Gasteiger charge is -2.38. The number of amides is 2. The molecule has 2 fully saturated rings. The molecule has 0 saturated carbocycles. The van der Waals surface area contributed by atoms with Gasteiger partial charge in [0.1, 0.15) is 16.7 Å². The third-order valence-corrected chi connectivity index (χ3v) is 5.92. The molecule has 3 heterocycles. The highest BCUT2D eigenvalue weighted by Crippen LogP contribution is 2.41. The van der Waals surface area contributed by atoms with Crippen LogP contribution in [-0.2, 0) is 11.3 Å². The molecule has 0 bridgehead atoms. The van der Waals surface area contributed by atoms with Gasteiger partial charge in [0.25, 0.3) is 5.91 Å². The van der Waals surface area contributed by atoms with Crippen LogP contribution in [0, 0.1) is 11.2 Å². The summed E-state index contributed by atoms with van der Waals surface area (Å²) in [5, 5.41) is 0.300. The number of piperidine rings is 1. The van der Waals surface area contributed by atoms with E-state index in [0.717, 1.165) is 18.4 Å². The van der Waals surface area contributed by atoms with Crippen LogP contribution in [0.1, 0.15) is 35.3 Å². The molecule has 4 rings (SSSR count). The molecule has 2 aliphatic rings. The molecule has 0 unspecified atom stereocenters. The number of halogens is 2. The summed E-state index contributed by atoms with van der Waals surface area (Å²) in [4.78, 5) is 32.9. The maximum Gasteiger partial charge on any atom is 0.272 e. The van der Waals surface area contributed by atoms with Crippen molar-refractivity contribution in [3.63, 3.8) is 0 Å². The van der Waals surface area contributed by atoms with E-state index in [4.69, 9.17) is 11.6 Å². The fraction of sp³-hybridized carbons (Fsp3) is 0.381. The first-order chi connectivity index (χ1) is 13.4. The van der Waals surface area contributed by atoms with E-state index in [1.807, 2.05) is 11.0 Å². The fourth-order valence-corrected chi connectivity index (χ4v) is 4.35. The number of hydrogen-bond acceptors (Lipinski definition) is 3. The van der Waals surface area contributed by atoms with Gasteiger partial charge in [-0.05, 0) is 42.7 Å². The standard InChI is InChI=1S/C21H21ClFN3O2/c22-18-6-2-5-17(24-18)20(28)25-9-7-21(8-10-25)12-19(27)26(14-21)13-15-3-1-4-16(23)11-15/h1-6,11H,7-10,12-14H2. The summed E-state index contributed by atoms with van der Waals surface area (Å²) in [7, 11) is 0. The summed E-state index contributed by atoms with van der Waals surface area (Å²) in [6, 6.07) is 11.4. The number of aromatic nitrogens is 1. The van der Waals surface area contributed by atoms with Crippen molar-refractivity contribution in [2.75, 3.05) is 19.6 Å². The molecule has 1 aromatic heterocycles. The molecule has 28 heavy (non-hydrogen) atoms. The largest absolute Gasteiger partial charge is 0.338 e. The predicted molar refractivity (Wildman–Crippen MR) is 103 cm³/mol. The lowest BCUT2D eigenvalue weighted by atomic mass is 9.77. The lowest BCUT2D eigenvalue weighted by molar-refractivity contribution is -0.128. The predicted octanol–water partition coefficient (Wildman–Crippen LogP) is 3.53. The Kier molecular flexibility index (Phi) is 5.06. The average molecular weight is 402 g/mol. The summed E-state index contributed by atoms with van der Waals surface area (Å²) in [6.07, 6.45) is 2.02. The van der Waals surface area contributed by atoms with Gasteiger partial charge < -0.3 is 9.80 Å². The van der Waals surface area contributed by atoms with Crippen LogP contribution < -0.4 is 0 Å². The lowest BCUT2D eigenvalue weighted by Crippen LogP contribution is -2.44. The number of pyridine rings is 1. The number of carbonyl (C=O) groups excluding carboxylic acids is 2. The van der Waals surface area contributed by atoms with Crippen LogP contribution >= 0.6 is 11.6 Å². The molecule has 0 radical (unpaired) electrons. The maximum absolute atomic E-state index is 13.4. The van der Waals surface area contributed by atoms with E-state index in [0.29, 0.717) is 43.4 Å². The second kappa shape index (κ2) is 7.51. The molecule has 0 aliphatic carbocycles. The van der Waals surface area contributed by atoms with Gasteiger partial charge in [0.15, 0.2) is 0 Å². The van der Waals surface area contributed by atoms with E-state index in [-0.39, 0.29) is 23.0 Å². The fourth-order valence-electron chi connectivity index (χ4n) is 4.19. The van der Waals surface area contributed by atoms with Crippen LogP contribution in [0.15, 0.2) is 42.5 Å². The first kappa shape index (κ1) is 18.9. The minimum Gasteiger partial charge on any atom is -0.338 e. The Morgan fingerprint density at radius 2 is 1.93 bits per heavy atom. The third-order valence-electron chi connectivity index (χ3n) is 5.71. The first-order valence-corrected chi connectivity index (χ1v) is 9.76. The second-order valence-electron chi connectivity index (χ2n) is 7.69. The molecule has 1 spiro atoms. The van der Waals surface area contributed by atoms with Crippen molar-refractivity contribution in [3.05, 3.63) is 64.7 Å². The first-order valence-electron chi connectivity index (χ1n) is 9.38.